The molecule has 0 fully saturated rings. The van der Waals surface area contributed by atoms with Gasteiger partial charge in [-0.15, -0.1) is 0 Å². The van der Waals surface area contributed by atoms with E-state index in [-0.39, 0.29) is 12.3 Å². The number of ether oxygens (including phenoxy) is 1. The molecule has 0 aromatic carbocycles. The number of carboxylic acids is 1. The van der Waals surface area contributed by atoms with E-state index in [0.29, 0.717) is 13.0 Å². The molecule has 0 radical (unpaired) electrons. The van der Waals surface area contributed by atoms with Crippen LogP contribution in [-0.2, 0) is 19.1 Å². The van der Waals surface area contributed by atoms with Crippen LogP contribution in [0.3, 0.4) is 0 Å². The third kappa shape index (κ3) is 26.0. The van der Waals surface area contributed by atoms with E-state index in [1.54, 1.807) is 0 Å². The lowest BCUT2D eigenvalue weighted by molar-refractivity contribution is -0.150. The maximum absolute atomic E-state index is 12.2. The summed E-state index contributed by atoms with van der Waals surface area (Å²) in [5.74, 6) is -2.06. The van der Waals surface area contributed by atoms with Crippen LogP contribution in [0.1, 0.15) is 174 Å². The maximum Gasteiger partial charge on any atom is 0.326 e. The van der Waals surface area contributed by atoms with Gasteiger partial charge in [0.25, 0.3) is 0 Å². The molecule has 0 aliphatic heterocycles. The Kier molecular flexibility index (Phi) is 27.2. The maximum atomic E-state index is 12.2. The molecule has 224 valence electrons. The number of unbranched alkanes of at least 4 members (excludes halogenated alkanes) is 21. The molecule has 0 rings (SSSR count). The van der Waals surface area contributed by atoms with E-state index in [2.05, 4.69) is 19.2 Å². The topological polar surface area (TPSA) is 92.7 Å². The van der Waals surface area contributed by atoms with Gasteiger partial charge in [0.15, 0.2) is 0 Å². The molecule has 38 heavy (non-hydrogen) atoms. The minimum Gasteiger partial charge on any atom is -0.480 e. The zero-order valence-corrected chi connectivity index (χ0v) is 25.0. The van der Waals surface area contributed by atoms with Crippen molar-refractivity contribution in [3.63, 3.8) is 0 Å². The lowest BCUT2D eigenvalue weighted by Gasteiger charge is -2.14. The molecule has 1 atom stereocenters. The van der Waals surface area contributed by atoms with E-state index < -0.39 is 18.0 Å². The molecule has 0 aliphatic carbocycles. The molecule has 1 amide bonds. The third-order valence-corrected chi connectivity index (χ3v) is 7.27. The second kappa shape index (κ2) is 28.4. The highest BCUT2D eigenvalue weighted by atomic mass is 16.5. The molecule has 2 N–H and O–H groups in total. The van der Waals surface area contributed by atoms with Crippen LogP contribution in [-0.4, -0.2) is 35.6 Å². The third-order valence-electron chi connectivity index (χ3n) is 7.27. The SMILES string of the molecule is CCCCCCCCCCCCCCOC(=O)C[C@H](NC(=O)CCCCCCCCCCCCC)C(=O)O. The summed E-state index contributed by atoms with van der Waals surface area (Å²) in [5.41, 5.74) is 0. The van der Waals surface area contributed by atoms with Crippen molar-refractivity contribution in [1.82, 2.24) is 5.32 Å². The van der Waals surface area contributed by atoms with Crippen molar-refractivity contribution in [1.29, 1.82) is 0 Å². The second-order valence-electron chi connectivity index (χ2n) is 11.1. The minimum atomic E-state index is -1.22. The summed E-state index contributed by atoms with van der Waals surface area (Å²) < 4.78 is 5.22. The number of nitrogens with one attached hydrogen (secondary N) is 1. The molecular weight excluding hydrogens is 478 g/mol. The van der Waals surface area contributed by atoms with Gasteiger partial charge >= 0.3 is 11.9 Å². The highest BCUT2D eigenvalue weighted by molar-refractivity contribution is 5.87. The lowest BCUT2D eigenvalue weighted by atomic mass is 10.1. The first-order valence-corrected chi connectivity index (χ1v) is 16.2. The zero-order valence-electron chi connectivity index (χ0n) is 25.0. The van der Waals surface area contributed by atoms with E-state index in [0.717, 1.165) is 38.5 Å². The summed E-state index contributed by atoms with van der Waals surface area (Å²) in [6, 6.07) is -1.22. The predicted molar refractivity (Wildman–Crippen MR) is 157 cm³/mol. The average molecular weight is 540 g/mol. The first-order chi connectivity index (χ1) is 18.5. The van der Waals surface area contributed by atoms with Crippen LogP contribution in [0.2, 0.25) is 0 Å². The Morgan fingerprint density at radius 2 is 0.947 bits per heavy atom. The number of carboxylic acid groups (broad SMARTS) is 1. The quantitative estimate of drug-likeness (QED) is 0.0731. The van der Waals surface area contributed by atoms with Crippen molar-refractivity contribution in [2.75, 3.05) is 6.61 Å². The molecule has 0 unspecified atom stereocenters. The number of hydrogen-bond donors (Lipinski definition) is 2. The second-order valence-corrected chi connectivity index (χ2v) is 11.1. The highest BCUT2D eigenvalue weighted by Gasteiger charge is 2.23. The minimum absolute atomic E-state index is 0.300. The molecule has 0 aromatic rings. The van der Waals surface area contributed by atoms with Crippen LogP contribution in [0.15, 0.2) is 0 Å². The summed E-state index contributed by atoms with van der Waals surface area (Å²) >= 11 is 0. The van der Waals surface area contributed by atoms with Crippen LogP contribution < -0.4 is 5.32 Å². The summed E-state index contributed by atoms with van der Waals surface area (Å²) in [6.45, 7) is 4.79. The van der Waals surface area contributed by atoms with Gasteiger partial charge in [0, 0.05) is 6.42 Å². The fourth-order valence-electron chi connectivity index (χ4n) is 4.77. The molecule has 0 spiro atoms. The molecular formula is C32H61NO5. The molecule has 0 heterocycles. The number of carbonyl (C=O) groups is 3. The zero-order chi connectivity index (χ0) is 28.1. The standard InChI is InChI=1S/C32H61NO5/c1-3-5-7-9-11-13-15-17-19-21-23-25-27-38-31(35)28-29(32(36)37)33-30(34)26-24-22-20-18-16-14-12-10-8-6-4-2/h29H,3-28H2,1-2H3,(H,33,34)(H,36,37)/t29-/m0/s1. The molecule has 0 aliphatic rings. The van der Waals surface area contributed by atoms with E-state index in [1.807, 2.05) is 0 Å². The highest BCUT2D eigenvalue weighted by Crippen LogP contribution is 2.13. The number of carbonyl (C=O) groups excluding carboxylic acids is 2. The van der Waals surface area contributed by atoms with Crippen molar-refractivity contribution >= 4 is 17.8 Å². The fourth-order valence-corrected chi connectivity index (χ4v) is 4.77. The van der Waals surface area contributed by atoms with Crippen LogP contribution in [0.25, 0.3) is 0 Å². The largest absolute Gasteiger partial charge is 0.480 e. The molecule has 6 heteroatoms. The molecule has 0 aromatic heterocycles. The van der Waals surface area contributed by atoms with Crippen molar-refractivity contribution in [2.45, 2.75) is 180 Å². The van der Waals surface area contributed by atoms with E-state index in [9.17, 15) is 19.5 Å². The van der Waals surface area contributed by atoms with Gasteiger partial charge in [-0.2, -0.15) is 0 Å². The van der Waals surface area contributed by atoms with Crippen molar-refractivity contribution in [3.05, 3.63) is 0 Å². The van der Waals surface area contributed by atoms with Crippen molar-refractivity contribution < 1.29 is 24.2 Å². The number of aliphatic carboxylic acids is 1. The number of esters is 1. The van der Waals surface area contributed by atoms with Crippen molar-refractivity contribution in [3.8, 4) is 0 Å². The first-order valence-electron chi connectivity index (χ1n) is 16.2. The normalized spacial score (nSPS) is 11.8. The van der Waals surface area contributed by atoms with Crippen LogP contribution in [0.5, 0.6) is 0 Å². The Morgan fingerprint density at radius 3 is 1.34 bits per heavy atom. The summed E-state index contributed by atoms with van der Waals surface area (Å²) in [6.07, 6.45) is 28.0. The summed E-state index contributed by atoms with van der Waals surface area (Å²) in [7, 11) is 0. The van der Waals surface area contributed by atoms with Crippen LogP contribution >= 0.6 is 0 Å². The van der Waals surface area contributed by atoms with Crippen LogP contribution in [0, 0.1) is 0 Å². The van der Waals surface area contributed by atoms with Gasteiger partial charge in [-0.05, 0) is 12.8 Å². The average Bonchev–Trinajstić information content (AvgIpc) is 2.89. The van der Waals surface area contributed by atoms with Gasteiger partial charge < -0.3 is 15.2 Å². The van der Waals surface area contributed by atoms with E-state index in [4.69, 9.17) is 4.74 Å². The van der Waals surface area contributed by atoms with E-state index in [1.165, 1.54) is 109 Å². The summed E-state index contributed by atoms with van der Waals surface area (Å²) in [5, 5.41) is 11.9. The van der Waals surface area contributed by atoms with Gasteiger partial charge in [0.05, 0.1) is 13.0 Å². The Hall–Kier alpha value is -1.59. The number of hydrogen-bond acceptors (Lipinski definition) is 4. The predicted octanol–water partition coefficient (Wildman–Crippen LogP) is 8.89. The number of rotatable bonds is 29. The van der Waals surface area contributed by atoms with Gasteiger partial charge in [0.1, 0.15) is 6.04 Å². The number of amides is 1. The van der Waals surface area contributed by atoms with E-state index >= 15 is 0 Å². The van der Waals surface area contributed by atoms with Gasteiger partial charge in [0.2, 0.25) is 5.91 Å². The summed E-state index contributed by atoms with van der Waals surface area (Å²) in [4.78, 5) is 35.7. The molecule has 0 saturated heterocycles. The van der Waals surface area contributed by atoms with Gasteiger partial charge in [-0.3, -0.25) is 9.59 Å². The van der Waals surface area contributed by atoms with Gasteiger partial charge in [-0.1, -0.05) is 149 Å². The fraction of sp³-hybridized carbons (Fsp3) is 0.906. The Balaban J connectivity index is 3.70. The lowest BCUT2D eigenvalue weighted by Crippen LogP contribution is -2.42. The Labute approximate surface area is 234 Å². The van der Waals surface area contributed by atoms with Crippen LogP contribution in [0.4, 0.5) is 0 Å². The van der Waals surface area contributed by atoms with Gasteiger partial charge in [-0.25, -0.2) is 4.79 Å². The molecule has 0 bridgehead atoms. The monoisotopic (exact) mass is 539 g/mol. The Bertz CT molecular complexity index is 566. The Morgan fingerprint density at radius 1 is 0.579 bits per heavy atom. The first kappa shape index (κ1) is 36.4. The smallest absolute Gasteiger partial charge is 0.326 e. The van der Waals surface area contributed by atoms with Crippen molar-refractivity contribution in [2.24, 2.45) is 0 Å². The molecule has 0 saturated carbocycles. The molecule has 6 nitrogen and oxygen atoms in total.